The van der Waals surface area contributed by atoms with E-state index in [0.29, 0.717) is 6.04 Å². The first kappa shape index (κ1) is 11.6. The predicted molar refractivity (Wildman–Crippen MR) is 68.9 cm³/mol. The van der Waals surface area contributed by atoms with Gasteiger partial charge in [0.25, 0.3) is 0 Å². The van der Waals surface area contributed by atoms with Gasteiger partial charge in [-0.25, -0.2) is 0 Å². The summed E-state index contributed by atoms with van der Waals surface area (Å²) in [6.07, 6.45) is 5.77. The fraction of sp³-hybridized carbons (Fsp3) is 0.385. The predicted octanol–water partition coefficient (Wildman–Crippen LogP) is 2.78. The minimum atomic E-state index is 0.395. The maximum atomic E-state index is 4.28. The van der Waals surface area contributed by atoms with Crippen molar-refractivity contribution in [3.05, 3.63) is 42.0 Å². The van der Waals surface area contributed by atoms with E-state index in [-0.39, 0.29) is 0 Å². The summed E-state index contributed by atoms with van der Waals surface area (Å²) >= 11 is 0. The van der Waals surface area contributed by atoms with Crippen molar-refractivity contribution in [2.45, 2.75) is 33.4 Å². The van der Waals surface area contributed by atoms with Crippen molar-refractivity contribution in [3.63, 3.8) is 0 Å². The first-order valence-electron chi connectivity index (χ1n) is 5.84. The lowest BCUT2D eigenvalue weighted by Gasteiger charge is -2.05. The molecule has 2 heterocycles. The number of nitrogens with one attached hydrogen (secondary N) is 1. The highest BCUT2D eigenvalue weighted by Gasteiger charge is 2.01. The molecule has 0 fully saturated rings. The molecule has 0 amide bonds. The fourth-order valence-electron chi connectivity index (χ4n) is 1.52. The van der Waals surface area contributed by atoms with Gasteiger partial charge in [-0.05, 0) is 32.4 Å². The number of hydrogen-bond acceptors (Lipinski definition) is 3. The number of aryl methyl sites for hydroxylation is 1. The number of aromatic nitrogens is 3. The molecule has 0 saturated heterocycles. The van der Waals surface area contributed by atoms with E-state index in [1.165, 1.54) is 5.56 Å². The Morgan fingerprint density at radius 1 is 1.29 bits per heavy atom. The molecule has 0 radical (unpaired) electrons. The Hall–Kier alpha value is -1.84. The third-order valence-electron chi connectivity index (χ3n) is 2.60. The summed E-state index contributed by atoms with van der Waals surface area (Å²) in [7, 11) is 0. The molecule has 0 aliphatic rings. The van der Waals surface area contributed by atoms with Crippen molar-refractivity contribution in [3.8, 4) is 0 Å². The Labute approximate surface area is 102 Å². The maximum Gasteiger partial charge on any atom is 0.0729 e. The molecule has 90 valence electrons. The van der Waals surface area contributed by atoms with Crippen LogP contribution in [0.3, 0.4) is 0 Å². The molecule has 0 aliphatic carbocycles. The van der Waals surface area contributed by atoms with Gasteiger partial charge in [-0.3, -0.25) is 9.67 Å². The molecule has 0 aliphatic heterocycles. The SMILES string of the molecule is Cc1ccc(CNc2cnn(C(C)C)c2)cn1. The highest BCUT2D eigenvalue weighted by Crippen LogP contribution is 2.11. The second kappa shape index (κ2) is 4.99. The summed E-state index contributed by atoms with van der Waals surface area (Å²) in [5.74, 6) is 0. The van der Waals surface area contributed by atoms with Crippen LogP contribution in [0.1, 0.15) is 31.1 Å². The van der Waals surface area contributed by atoms with Crippen LogP contribution in [0.2, 0.25) is 0 Å². The molecule has 0 unspecified atom stereocenters. The largest absolute Gasteiger partial charge is 0.378 e. The van der Waals surface area contributed by atoms with Gasteiger partial charge in [-0.2, -0.15) is 5.10 Å². The van der Waals surface area contributed by atoms with Crippen LogP contribution in [-0.4, -0.2) is 14.8 Å². The van der Waals surface area contributed by atoms with Crippen LogP contribution in [-0.2, 0) is 6.54 Å². The monoisotopic (exact) mass is 230 g/mol. The second-order valence-corrected chi connectivity index (χ2v) is 4.46. The molecule has 2 rings (SSSR count). The van der Waals surface area contributed by atoms with Crippen molar-refractivity contribution in [1.29, 1.82) is 0 Å². The Bertz CT molecular complexity index is 470. The van der Waals surface area contributed by atoms with Crippen LogP contribution in [0.5, 0.6) is 0 Å². The average molecular weight is 230 g/mol. The highest BCUT2D eigenvalue weighted by atomic mass is 15.3. The zero-order valence-electron chi connectivity index (χ0n) is 10.5. The van der Waals surface area contributed by atoms with Crippen molar-refractivity contribution in [2.75, 3.05) is 5.32 Å². The van der Waals surface area contributed by atoms with Gasteiger partial charge in [-0.15, -0.1) is 0 Å². The summed E-state index contributed by atoms with van der Waals surface area (Å²) in [5.41, 5.74) is 3.26. The van der Waals surface area contributed by atoms with Crippen LogP contribution in [0, 0.1) is 6.92 Å². The first-order chi connectivity index (χ1) is 8.15. The van der Waals surface area contributed by atoms with E-state index in [2.05, 4.69) is 35.3 Å². The smallest absolute Gasteiger partial charge is 0.0729 e. The van der Waals surface area contributed by atoms with E-state index in [9.17, 15) is 0 Å². The van der Waals surface area contributed by atoms with Gasteiger partial charge >= 0.3 is 0 Å². The van der Waals surface area contributed by atoms with Gasteiger partial charge in [0.2, 0.25) is 0 Å². The number of nitrogens with zero attached hydrogens (tertiary/aromatic N) is 3. The Morgan fingerprint density at radius 3 is 2.71 bits per heavy atom. The third kappa shape index (κ3) is 3.06. The first-order valence-corrected chi connectivity index (χ1v) is 5.84. The van der Waals surface area contributed by atoms with Crippen LogP contribution in [0.4, 0.5) is 5.69 Å². The van der Waals surface area contributed by atoms with E-state index in [4.69, 9.17) is 0 Å². The number of pyridine rings is 1. The van der Waals surface area contributed by atoms with E-state index in [1.54, 1.807) is 0 Å². The zero-order chi connectivity index (χ0) is 12.3. The van der Waals surface area contributed by atoms with Gasteiger partial charge < -0.3 is 5.32 Å². The molecule has 0 spiro atoms. The lowest BCUT2D eigenvalue weighted by molar-refractivity contribution is 0.532. The van der Waals surface area contributed by atoms with Gasteiger partial charge in [0.15, 0.2) is 0 Å². The molecular formula is C13H18N4. The minimum Gasteiger partial charge on any atom is -0.378 e. The molecule has 0 aromatic carbocycles. The molecule has 4 heteroatoms. The van der Waals surface area contributed by atoms with Gasteiger partial charge in [0.05, 0.1) is 11.9 Å². The molecule has 17 heavy (non-hydrogen) atoms. The normalized spacial score (nSPS) is 10.8. The zero-order valence-corrected chi connectivity index (χ0v) is 10.5. The summed E-state index contributed by atoms with van der Waals surface area (Å²) in [4.78, 5) is 4.26. The number of hydrogen-bond donors (Lipinski definition) is 1. The quantitative estimate of drug-likeness (QED) is 0.878. The molecule has 0 saturated carbocycles. The van der Waals surface area contributed by atoms with Crippen molar-refractivity contribution >= 4 is 5.69 Å². The highest BCUT2D eigenvalue weighted by molar-refractivity contribution is 5.39. The van der Waals surface area contributed by atoms with Crippen LogP contribution < -0.4 is 5.32 Å². The molecule has 4 nitrogen and oxygen atoms in total. The lowest BCUT2D eigenvalue weighted by atomic mass is 10.2. The van der Waals surface area contributed by atoms with Gasteiger partial charge in [-0.1, -0.05) is 6.07 Å². The van der Waals surface area contributed by atoms with Gasteiger partial charge in [0.1, 0.15) is 0 Å². The average Bonchev–Trinajstić information content (AvgIpc) is 2.77. The maximum absolute atomic E-state index is 4.28. The number of rotatable bonds is 4. The summed E-state index contributed by atoms with van der Waals surface area (Å²) in [6.45, 7) is 6.99. The Kier molecular flexibility index (Phi) is 3.42. The molecule has 0 bridgehead atoms. The van der Waals surface area contributed by atoms with Gasteiger partial charge in [0, 0.05) is 30.7 Å². The third-order valence-corrected chi connectivity index (χ3v) is 2.60. The van der Waals surface area contributed by atoms with E-state index < -0.39 is 0 Å². The second-order valence-electron chi connectivity index (χ2n) is 4.46. The van der Waals surface area contributed by atoms with E-state index in [0.717, 1.165) is 17.9 Å². The molecule has 2 aromatic heterocycles. The number of anilines is 1. The van der Waals surface area contributed by atoms with Crippen LogP contribution in [0.15, 0.2) is 30.7 Å². The van der Waals surface area contributed by atoms with Crippen molar-refractivity contribution < 1.29 is 0 Å². The van der Waals surface area contributed by atoms with Crippen LogP contribution in [0.25, 0.3) is 0 Å². The van der Waals surface area contributed by atoms with E-state index >= 15 is 0 Å². The summed E-state index contributed by atoms with van der Waals surface area (Å²) < 4.78 is 1.94. The summed E-state index contributed by atoms with van der Waals surface area (Å²) in [6, 6.07) is 4.50. The Morgan fingerprint density at radius 2 is 2.12 bits per heavy atom. The van der Waals surface area contributed by atoms with Crippen molar-refractivity contribution in [1.82, 2.24) is 14.8 Å². The summed E-state index contributed by atoms with van der Waals surface area (Å²) in [5, 5.41) is 7.61. The lowest BCUT2D eigenvalue weighted by Crippen LogP contribution is -2.01. The standard InChI is InChI=1S/C13H18N4/c1-10(2)17-9-13(8-16-17)15-7-12-5-4-11(3)14-6-12/h4-6,8-10,15H,7H2,1-3H3. The molecule has 1 N–H and O–H groups in total. The fourth-order valence-corrected chi connectivity index (χ4v) is 1.52. The molecular weight excluding hydrogens is 212 g/mol. The van der Waals surface area contributed by atoms with Crippen molar-refractivity contribution in [2.24, 2.45) is 0 Å². The molecule has 2 aromatic rings. The van der Waals surface area contributed by atoms with E-state index in [1.807, 2.05) is 36.3 Å². The van der Waals surface area contributed by atoms with Crippen LogP contribution >= 0.6 is 0 Å². The minimum absolute atomic E-state index is 0.395. The molecule has 0 atom stereocenters. The topological polar surface area (TPSA) is 42.7 Å². The Balaban J connectivity index is 1.95.